The Morgan fingerprint density at radius 3 is 3.12 bits per heavy atom. The van der Waals surface area contributed by atoms with E-state index in [4.69, 9.17) is 0 Å². The van der Waals surface area contributed by atoms with Gasteiger partial charge in [-0.3, -0.25) is 9.78 Å². The number of piperidine rings is 1. The molecule has 2 heterocycles. The number of rotatable bonds is 2. The molecule has 0 aliphatic carbocycles. The molecule has 0 radical (unpaired) electrons. The maximum absolute atomic E-state index is 12.0. The van der Waals surface area contributed by atoms with Crippen LogP contribution < -0.4 is 0 Å². The van der Waals surface area contributed by atoms with Crippen LogP contribution in [0.3, 0.4) is 0 Å². The fraction of sp³-hybridized carbons (Fsp3) is 0.500. The maximum atomic E-state index is 12.0. The van der Waals surface area contributed by atoms with Crippen molar-refractivity contribution in [2.75, 3.05) is 6.54 Å². The summed E-state index contributed by atoms with van der Waals surface area (Å²) < 4.78 is 0. The molecule has 86 valence electrons. The van der Waals surface area contributed by atoms with Crippen molar-refractivity contribution >= 4 is 21.8 Å². The second-order valence-electron chi connectivity index (χ2n) is 4.10. The van der Waals surface area contributed by atoms with E-state index in [9.17, 15) is 4.79 Å². The molecular weight excluding hydrogens is 268 g/mol. The molecule has 4 heteroatoms. The number of carbonyl (C=O) groups excluding carboxylic acids is 1. The third-order valence-corrected chi connectivity index (χ3v) is 3.89. The van der Waals surface area contributed by atoms with Crippen molar-refractivity contribution < 1.29 is 4.79 Å². The topological polar surface area (TPSA) is 33.2 Å². The second-order valence-corrected chi connectivity index (χ2v) is 5.21. The van der Waals surface area contributed by atoms with Crippen LogP contribution in [0.4, 0.5) is 0 Å². The van der Waals surface area contributed by atoms with Gasteiger partial charge >= 0.3 is 0 Å². The number of amides is 1. The van der Waals surface area contributed by atoms with E-state index in [1.54, 1.807) is 6.20 Å². The lowest BCUT2D eigenvalue weighted by molar-refractivity contribution is -0.134. The van der Waals surface area contributed by atoms with E-state index in [1.165, 1.54) is 0 Å². The fourth-order valence-electron chi connectivity index (χ4n) is 2.04. The van der Waals surface area contributed by atoms with Crippen LogP contribution in [0.5, 0.6) is 0 Å². The smallest absolute Gasteiger partial charge is 0.236 e. The zero-order valence-corrected chi connectivity index (χ0v) is 10.9. The summed E-state index contributed by atoms with van der Waals surface area (Å²) in [5, 5.41) is 0. The van der Waals surface area contributed by atoms with Crippen LogP contribution in [0.1, 0.15) is 31.4 Å². The maximum Gasteiger partial charge on any atom is 0.236 e. The largest absolute Gasteiger partial charge is 0.335 e. The number of carbonyl (C=O) groups is 1. The molecule has 0 N–H and O–H groups in total. The average Bonchev–Trinajstić information content (AvgIpc) is 2.33. The number of hydrogen-bond acceptors (Lipinski definition) is 2. The van der Waals surface area contributed by atoms with E-state index < -0.39 is 0 Å². The van der Waals surface area contributed by atoms with Crippen LogP contribution >= 0.6 is 15.9 Å². The molecule has 1 aliphatic heterocycles. The van der Waals surface area contributed by atoms with Gasteiger partial charge in [-0.15, -0.1) is 0 Å². The van der Waals surface area contributed by atoms with Gasteiger partial charge in [-0.25, -0.2) is 0 Å². The van der Waals surface area contributed by atoms with Crippen molar-refractivity contribution in [1.29, 1.82) is 0 Å². The standard InChI is InChI=1S/C12H15BrN2O/c1-9(10-4-2-6-14-8-10)15-7-3-5-11(13)12(15)16/h2,4,6,8-9,11H,3,5,7H2,1H3. The minimum atomic E-state index is -0.0135. The summed E-state index contributed by atoms with van der Waals surface area (Å²) in [6, 6.07) is 4.04. The van der Waals surface area contributed by atoms with E-state index in [1.807, 2.05) is 23.2 Å². The van der Waals surface area contributed by atoms with Gasteiger partial charge in [-0.1, -0.05) is 22.0 Å². The van der Waals surface area contributed by atoms with Crippen LogP contribution in [0.2, 0.25) is 0 Å². The second kappa shape index (κ2) is 4.95. The van der Waals surface area contributed by atoms with Crippen molar-refractivity contribution in [2.45, 2.75) is 30.6 Å². The molecule has 2 atom stereocenters. The van der Waals surface area contributed by atoms with Crippen LogP contribution in [-0.2, 0) is 4.79 Å². The van der Waals surface area contributed by atoms with E-state index in [2.05, 4.69) is 27.8 Å². The molecule has 0 aromatic carbocycles. The lowest BCUT2D eigenvalue weighted by atomic mass is 10.0. The fourth-order valence-corrected chi connectivity index (χ4v) is 2.63. The summed E-state index contributed by atoms with van der Waals surface area (Å²) in [5.41, 5.74) is 1.09. The van der Waals surface area contributed by atoms with Crippen LogP contribution in [-0.4, -0.2) is 27.2 Å². The average molecular weight is 283 g/mol. The van der Waals surface area contributed by atoms with Gasteiger partial charge in [-0.2, -0.15) is 0 Å². The van der Waals surface area contributed by atoms with E-state index in [0.717, 1.165) is 24.9 Å². The molecule has 0 bridgehead atoms. The quantitative estimate of drug-likeness (QED) is 0.781. The van der Waals surface area contributed by atoms with E-state index in [0.29, 0.717) is 0 Å². The Morgan fingerprint density at radius 2 is 2.44 bits per heavy atom. The SMILES string of the molecule is CC(c1cccnc1)N1CCCC(Br)C1=O. The van der Waals surface area contributed by atoms with Gasteiger partial charge in [0.2, 0.25) is 5.91 Å². The summed E-state index contributed by atoms with van der Waals surface area (Å²) in [5.74, 6) is 0.197. The third kappa shape index (κ3) is 2.26. The summed E-state index contributed by atoms with van der Waals surface area (Å²) in [6.45, 7) is 2.90. The normalized spacial score (nSPS) is 23.2. The Morgan fingerprint density at radius 1 is 1.62 bits per heavy atom. The van der Waals surface area contributed by atoms with Gasteiger partial charge in [0, 0.05) is 18.9 Å². The summed E-state index contributed by atoms with van der Waals surface area (Å²) in [7, 11) is 0. The number of likely N-dealkylation sites (tertiary alicyclic amines) is 1. The van der Waals surface area contributed by atoms with Gasteiger partial charge in [0.15, 0.2) is 0 Å². The molecule has 1 aliphatic rings. The predicted octanol–water partition coefficient (Wildman–Crippen LogP) is 2.53. The summed E-state index contributed by atoms with van der Waals surface area (Å²) in [4.78, 5) is 18.0. The summed E-state index contributed by atoms with van der Waals surface area (Å²) in [6.07, 6.45) is 5.58. The van der Waals surface area contributed by atoms with E-state index in [-0.39, 0.29) is 16.8 Å². The van der Waals surface area contributed by atoms with E-state index >= 15 is 0 Å². The first-order valence-electron chi connectivity index (χ1n) is 5.54. The first-order chi connectivity index (χ1) is 7.70. The van der Waals surface area contributed by atoms with Gasteiger partial charge in [0.25, 0.3) is 0 Å². The molecule has 1 aromatic rings. The number of pyridine rings is 1. The lowest BCUT2D eigenvalue weighted by Gasteiger charge is -2.34. The van der Waals surface area contributed by atoms with Crippen LogP contribution in [0, 0.1) is 0 Å². The van der Waals surface area contributed by atoms with Gasteiger partial charge in [0.05, 0.1) is 10.9 Å². The Kier molecular flexibility index (Phi) is 3.59. The number of halogens is 1. The van der Waals surface area contributed by atoms with Gasteiger partial charge < -0.3 is 4.90 Å². The minimum Gasteiger partial charge on any atom is -0.335 e. The van der Waals surface area contributed by atoms with Crippen molar-refractivity contribution in [3.05, 3.63) is 30.1 Å². The highest BCUT2D eigenvalue weighted by Gasteiger charge is 2.30. The number of hydrogen-bond donors (Lipinski definition) is 0. The Labute approximate surface area is 104 Å². The Balaban J connectivity index is 2.15. The van der Waals surface area contributed by atoms with Crippen molar-refractivity contribution in [1.82, 2.24) is 9.88 Å². The highest BCUT2D eigenvalue weighted by atomic mass is 79.9. The minimum absolute atomic E-state index is 0.0135. The Hall–Kier alpha value is -0.900. The molecule has 1 saturated heterocycles. The molecular formula is C12H15BrN2O. The van der Waals surface area contributed by atoms with Crippen molar-refractivity contribution in [2.24, 2.45) is 0 Å². The first-order valence-corrected chi connectivity index (χ1v) is 6.46. The molecule has 0 spiro atoms. The molecule has 2 rings (SSSR count). The van der Waals surface area contributed by atoms with Gasteiger partial charge in [0.1, 0.15) is 0 Å². The highest BCUT2D eigenvalue weighted by molar-refractivity contribution is 9.10. The first kappa shape index (κ1) is 11.6. The lowest BCUT2D eigenvalue weighted by Crippen LogP contribution is -2.43. The predicted molar refractivity (Wildman–Crippen MR) is 66.3 cm³/mol. The molecule has 0 saturated carbocycles. The molecule has 2 unspecified atom stereocenters. The molecule has 1 fully saturated rings. The van der Waals surface area contributed by atoms with Crippen LogP contribution in [0.15, 0.2) is 24.5 Å². The van der Waals surface area contributed by atoms with Crippen molar-refractivity contribution in [3.63, 3.8) is 0 Å². The number of aromatic nitrogens is 1. The molecule has 1 amide bonds. The van der Waals surface area contributed by atoms with Gasteiger partial charge in [-0.05, 0) is 31.4 Å². The van der Waals surface area contributed by atoms with Crippen molar-refractivity contribution in [3.8, 4) is 0 Å². The molecule has 16 heavy (non-hydrogen) atoms. The Bertz CT molecular complexity index is 369. The highest BCUT2D eigenvalue weighted by Crippen LogP contribution is 2.27. The monoisotopic (exact) mass is 282 g/mol. The third-order valence-electron chi connectivity index (χ3n) is 3.04. The summed E-state index contributed by atoms with van der Waals surface area (Å²) >= 11 is 3.43. The molecule has 1 aromatic heterocycles. The number of nitrogens with zero attached hydrogens (tertiary/aromatic N) is 2. The molecule has 3 nitrogen and oxygen atoms in total. The zero-order chi connectivity index (χ0) is 11.5. The van der Waals surface area contributed by atoms with Crippen LogP contribution in [0.25, 0.3) is 0 Å². The number of alkyl halides is 1. The zero-order valence-electron chi connectivity index (χ0n) is 9.27.